The molecule has 0 aliphatic carbocycles. The highest BCUT2D eigenvalue weighted by Crippen LogP contribution is 2.14. The molecule has 0 aromatic rings. The number of amides is 3. The minimum atomic E-state index is -1.66. The normalized spacial score (nSPS) is 13.8. The third-order valence-electron chi connectivity index (χ3n) is 7.06. The first kappa shape index (κ1) is 42.1. The highest BCUT2D eigenvalue weighted by Gasteiger charge is 2.32. The van der Waals surface area contributed by atoms with E-state index in [-0.39, 0.29) is 49.0 Å². The van der Waals surface area contributed by atoms with Gasteiger partial charge in [0.2, 0.25) is 23.8 Å². The molecular formula is C31H56N4O9S. The quantitative estimate of drug-likeness (QED) is 0.0527. The summed E-state index contributed by atoms with van der Waals surface area (Å²) in [6, 6.07) is -3.60. The zero-order chi connectivity index (χ0) is 34.2. The second kappa shape index (κ2) is 25.3. The van der Waals surface area contributed by atoms with E-state index < -0.39 is 54.0 Å². The minimum Gasteiger partial charge on any atom is -0.480 e. The third-order valence-corrected chi connectivity index (χ3v) is 8.20. The Balaban J connectivity index is 5.05. The van der Waals surface area contributed by atoms with Crippen molar-refractivity contribution in [1.82, 2.24) is 10.6 Å². The first-order chi connectivity index (χ1) is 21.3. The van der Waals surface area contributed by atoms with Crippen LogP contribution in [-0.2, 0) is 33.5 Å². The van der Waals surface area contributed by atoms with E-state index in [4.69, 9.17) is 21.3 Å². The van der Waals surface area contributed by atoms with Crippen LogP contribution >= 0.6 is 11.8 Å². The average Bonchev–Trinajstić information content (AvgIpc) is 2.96. The molecule has 0 bridgehead atoms. The Labute approximate surface area is 271 Å². The smallest absolute Gasteiger partial charge is 0.345 e. The number of nitrogens with one attached hydrogen (secondary N) is 2. The molecule has 260 valence electrons. The molecular weight excluding hydrogens is 604 g/mol. The maximum atomic E-state index is 13.2. The maximum Gasteiger partial charge on any atom is 0.345 e. The van der Waals surface area contributed by atoms with Gasteiger partial charge < -0.3 is 37.1 Å². The molecule has 0 saturated carbocycles. The monoisotopic (exact) mass is 660 g/mol. The second-order valence-electron chi connectivity index (χ2n) is 11.8. The van der Waals surface area contributed by atoms with Gasteiger partial charge in [-0.25, -0.2) is 9.59 Å². The summed E-state index contributed by atoms with van der Waals surface area (Å²) in [6.45, 7) is 5.96. The molecule has 0 aromatic carbocycles. The van der Waals surface area contributed by atoms with E-state index in [1.54, 1.807) is 0 Å². The molecule has 45 heavy (non-hydrogen) atoms. The van der Waals surface area contributed by atoms with Crippen molar-refractivity contribution in [3.8, 4) is 0 Å². The number of carboxylic acids is 2. The predicted octanol–water partition coefficient (Wildman–Crippen LogP) is 3.11. The minimum absolute atomic E-state index is 0.0182. The standard InChI is InChI=1S/C31H56N4O9S/c1-4-5-6-7-8-9-10-11-12-13-14-15-27(37)34-24(18-21(2)3)28(38)35-23(16-17-26(33)36)31(43)44-25(30(41)42)20-45-19-22(32)29(39)40/h21-25H,4-20,32H2,1-3H3,(H2,33,36)(H,34,37)(H,35,38)(H,39,40)(H,41,42)/t22-,23+,24-,25+/m0/s1. The Bertz CT molecular complexity index is 919. The van der Waals surface area contributed by atoms with Crippen LogP contribution in [0.1, 0.15) is 117 Å². The zero-order valence-corrected chi connectivity index (χ0v) is 28.0. The van der Waals surface area contributed by atoms with Crippen LogP contribution in [0.3, 0.4) is 0 Å². The Morgan fingerprint density at radius 3 is 1.80 bits per heavy atom. The van der Waals surface area contributed by atoms with Crippen LogP contribution in [-0.4, -0.2) is 81.6 Å². The molecule has 0 radical (unpaired) electrons. The summed E-state index contributed by atoms with van der Waals surface area (Å²) in [6.07, 6.45) is 11.0. The lowest BCUT2D eigenvalue weighted by atomic mass is 10.0. The predicted molar refractivity (Wildman–Crippen MR) is 173 cm³/mol. The molecule has 0 aliphatic heterocycles. The lowest BCUT2D eigenvalue weighted by Gasteiger charge is -2.24. The van der Waals surface area contributed by atoms with E-state index in [1.807, 2.05) is 13.8 Å². The van der Waals surface area contributed by atoms with Gasteiger partial charge in [0.25, 0.3) is 0 Å². The topological polar surface area (TPSA) is 228 Å². The fraction of sp³-hybridized carbons (Fsp3) is 0.806. The molecule has 3 amide bonds. The number of esters is 1. The van der Waals surface area contributed by atoms with E-state index in [0.717, 1.165) is 31.0 Å². The molecule has 0 aromatic heterocycles. The van der Waals surface area contributed by atoms with Gasteiger partial charge in [-0.2, -0.15) is 11.8 Å². The molecule has 13 nitrogen and oxygen atoms in total. The molecule has 14 heteroatoms. The van der Waals surface area contributed by atoms with Crippen molar-refractivity contribution < 1.29 is 43.7 Å². The lowest BCUT2D eigenvalue weighted by molar-refractivity contribution is -0.164. The summed E-state index contributed by atoms with van der Waals surface area (Å²) in [5, 5.41) is 23.6. The lowest BCUT2D eigenvalue weighted by Crippen LogP contribution is -2.53. The first-order valence-corrected chi connectivity index (χ1v) is 17.3. The third kappa shape index (κ3) is 22.3. The van der Waals surface area contributed by atoms with E-state index in [2.05, 4.69) is 17.6 Å². The van der Waals surface area contributed by atoms with Gasteiger partial charge in [-0.1, -0.05) is 85.0 Å². The molecule has 0 heterocycles. The molecule has 0 spiro atoms. The van der Waals surface area contributed by atoms with Gasteiger partial charge in [-0.3, -0.25) is 19.2 Å². The number of rotatable bonds is 28. The van der Waals surface area contributed by atoms with Gasteiger partial charge in [0.1, 0.15) is 18.1 Å². The second-order valence-corrected chi connectivity index (χ2v) is 12.9. The maximum absolute atomic E-state index is 13.2. The van der Waals surface area contributed by atoms with Crippen LogP contribution in [0.5, 0.6) is 0 Å². The van der Waals surface area contributed by atoms with Crippen molar-refractivity contribution in [3.63, 3.8) is 0 Å². The van der Waals surface area contributed by atoms with Crippen molar-refractivity contribution in [2.75, 3.05) is 11.5 Å². The van der Waals surface area contributed by atoms with Gasteiger partial charge in [0.15, 0.2) is 0 Å². The van der Waals surface area contributed by atoms with Crippen molar-refractivity contribution >= 4 is 47.4 Å². The average molecular weight is 661 g/mol. The van der Waals surface area contributed by atoms with Gasteiger partial charge in [-0.05, 0) is 25.2 Å². The molecule has 0 saturated heterocycles. The SMILES string of the molecule is CCCCCCCCCCCCCC(=O)N[C@@H](CC(C)C)C(=O)N[C@H](CCC(N)=O)C(=O)O[C@H](CSC[C@H](N)C(=O)O)C(=O)O. The number of carbonyl (C=O) groups excluding carboxylic acids is 4. The molecule has 0 aliphatic rings. The summed E-state index contributed by atoms with van der Waals surface area (Å²) in [5.74, 6) is -5.93. The first-order valence-electron chi connectivity index (χ1n) is 16.2. The van der Waals surface area contributed by atoms with Crippen LogP contribution in [0.15, 0.2) is 0 Å². The molecule has 0 unspecified atom stereocenters. The van der Waals surface area contributed by atoms with Crippen LogP contribution in [0, 0.1) is 5.92 Å². The van der Waals surface area contributed by atoms with Crippen LogP contribution < -0.4 is 22.1 Å². The van der Waals surface area contributed by atoms with Crippen molar-refractivity contribution in [2.45, 2.75) is 141 Å². The molecule has 4 atom stereocenters. The molecule has 0 fully saturated rings. The zero-order valence-electron chi connectivity index (χ0n) is 27.2. The highest BCUT2D eigenvalue weighted by atomic mass is 32.2. The number of thioether (sulfide) groups is 1. The fourth-order valence-corrected chi connectivity index (χ4v) is 5.44. The number of nitrogens with two attached hydrogens (primary N) is 2. The number of carboxylic acid groups (broad SMARTS) is 2. The number of unbranched alkanes of at least 4 members (excludes halogenated alkanes) is 10. The Hall–Kier alpha value is -2.87. The Morgan fingerprint density at radius 2 is 1.31 bits per heavy atom. The van der Waals surface area contributed by atoms with Gasteiger partial charge >= 0.3 is 17.9 Å². The van der Waals surface area contributed by atoms with Crippen LogP contribution in [0.4, 0.5) is 0 Å². The number of ether oxygens (including phenoxy) is 1. The van der Waals surface area contributed by atoms with Crippen molar-refractivity contribution in [1.29, 1.82) is 0 Å². The molecule has 0 rings (SSSR count). The number of carbonyl (C=O) groups is 6. The highest BCUT2D eigenvalue weighted by molar-refractivity contribution is 7.99. The summed E-state index contributed by atoms with van der Waals surface area (Å²) < 4.78 is 5.11. The number of aliphatic carboxylic acids is 2. The number of hydrogen-bond donors (Lipinski definition) is 6. The van der Waals surface area contributed by atoms with Gasteiger partial charge in [-0.15, -0.1) is 0 Å². The number of primary amides is 1. The fourth-order valence-electron chi connectivity index (χ4n) is 4.48. The van der Waals surface area contributed by atoms with Crippen molar-refractivity contribution in [2.24, 2.45) is 17.4 Å². The van der Waals surface area contributed by atoms with Gasteiger partial charge in [0, 0.05) is 24.3 Å². The summed E-state index contributed by atoms with van der Waals surface area (Å²) >= 11 is 0.873. The van der Waals surface area contributed by atoms with E-state index in [1.165, 1.54) is 44.9 Å². The summed E-state index contributed by atoms with van der Waals surface area (Å²) in [7, 11) is 0. The summed E-state index contributed by atoms with van der Waals surface area (Å²) in [5.41, 5.74) is 10.7. The number of hydrogen-bond acceptors (Lipinski definition) is 9. The van der Waals surface area contributed by atoms with Crippen LogP contribution in [0.2, 0.25) is 0 Å². The van der Waals surface area contributed by atoms with Crippen LogP contribution in [0.25, 0.3) is 0 Å². The van der Waals surface area contributed by atoms with E-state index in [9.17, 15) is 33.9 Å². The van der Waals surface area contributed by atoms with E-state index >= 15 is 0 Å². The Morgan fingerprint density at radius 1 is 0.756 bits per heavy atom. The van der Waals surface area contributed by atoms with E-state index in [0.29, 0.717) is 6.42 Å². The van der Waals surface area contributed by atoms with Crippen molar-refractivity contribution in [3.05, 3.63) is 0 Å². The summed E-state index contributed by atoms with van der Waals surface area (Å²) in [4.78, 5) is 72.8. The van der Waals surface area contributed by atoms with Gasteiger partial charge in [0.05, 0.1) is 0 Å². The largest absolute Gasteiger partial charge is 0.480 e. The Kier molecular flexibility index (Phi) is 23.7. The molecule has 8 N–H and O–H groups in total.